The van der Waals surface area contributed by atoms with E-state index in [1.165, 1.54) is 0 Å². The molecule has 1 aliphatic rings. The van der Waals surface area contributed by atoms with Crippen LogP contribution in [0.4, 0.5) is 5.69 Å². The average Bonchev–Trinajstić information content (AvgIpc) is 2.74. The predicted molar refractivity (Wildman–Crippen MR) is 74.9 cm³/mol. The number of rotatable bonds is 1. The van der Waals surface area contributed by atoms with Crippen LogP contribution in [0.5, 0.6) is 0 Å². The van der Waals surface area contributed by atoms with E-state index in [2.05, 4.69) is 10.3 Å². The fourth-order valence-electron chi connectivity index (χ4n) is 1.83. The summed E-state index contributed by atoms with van der Waals surface area (Å²) in [4.78, 5) is 16.9. The molecule has 90 valence electrons. The van der Waals surface area contributed by atoms with Gasteiger partial charge in [-0.05, 0) is 23.6 Å². The third-order valence-electron chi connectivity index (χ3n) is 2.65. The number of halogens is 1. The molecule has 0 saturated carbocycles. The highest BCUT2D eigenvalue weighted by Crippen LogP contribution is 2.28. The van der Waals surface area contributed by atoms with Crippen LogP contribution in [-0.2, 0) is 4.79 Å². The van der Waals surface area contributed by atoms with Crippen LogP contribution in [-0.4, -0.2) is 18.2 Å². The summed E-state index contributed by atoms with van der Waals surface area (Å²) in [6, 6.07) is 9.38. The van der Waals surface area contributed by atoms with Crippen molar-refractivity contribution in [1.82, 2.24) is 0 Å². The smallest absolute Gasteiger partial charge is 0.246 e. The molecule has 1 aliphatic heterocycles. The van der Waals surface area contributed by atoms with Crippen molar-refractivity contribution in [3.05, 3.63) is 51.2 Å². The van der Waals surface area contributed by atoms with Crippen molar-refractivity contribution in [2.45, 2.75) is 0 Å². The molecule has 1 aromatic carbocycles. The molecule has 3 rings (SSSR count). The highest BCUT2D eigenvalue weighted by molar-refractivity contribution is 7.13. The Kier molecular flexibility index (Phi) is 2.89. The number of carbonyl (C=O) groups excluding carboxylic acids is 1. The number of amides is 1. The Hall–Kier alpha value is -1.65. The first-order chi connectivity index (χ1) is 8.74. The maximum Gasteiger partial charge on any atom is 0.246 e. The maximum absolute atomic E-state index is 11.5. The van der Waals surface area contributed by atoms with Crippen molar-refractivity contribution in [1.29, 1.82) is 0 Å². The predicted octanol–water partition coefficient (Wildman–Crippen LogP) is 3.19. The quantitative estimate of drug-likeness (QED) is 0.854. The van der Waals surface area contributed by atoms with Crippen molar-refractivity contribution in [2.24, 2.45) is 4.99 Å². The van der Waals surface area contributed by atoms with E-state index in [0.717, 1.165) is 21.8 Å². The second-order valence-electron chi connectivity index (χ2n) is 3.88. The highest BCUT2D eigenvalue weighted by atomic mass is 35.5. The van der Waals surface area contributed by atoms with Crippen LogP contribution in [0.2, 0.25) is 5.02 Å². The summed E-state index contributed by atoms with van der Waals surface area (Å²) in [6.45, 7) is 0.152. The van der Waals surface area contributed by atoms with Gasteiger partial charge in [-0.25, -0.2) is 0 Å². The monoisotopic (exact) mass is 276 g/mol. The fourth-order valence-corrected chi connectivity index (χ4v) is 2.84. The molecule has 2 aromatic rings. The third-order valence-corrected chi connectivity index (χ3v) is 3.83. The fraction of sp³-hybridized carbons (Fsp3) is 0.0769. The molecule has 2 heterocycles. The van der Waals surface area contributed by atoms with Crippen molar-refractivity contribution in [3.63, 3.8) is 0 Å². The van der Waals surface area contributed by atoms with Gasteiger partial charge in [0.25, 0.3) is 0 Å². The molecule has 0 spiro atoms. The molecule has 0 unspecified atom stereocenters. The number of nitrogens with one attached hydrogen (secondary N) is 1. The van der Waals surface area contributed by atoms with Gasteiger partial charge in [0.05, 0.1) is 16.3 Å². The number of nitrogens with zero attached hydrogens (tertiary/aromatic N) is 1. The van der Waals surface area contributed by atoms with Crippen LogP contribution in [0.15, 0.2) is 40.7 Å². The zero-order chi connectivity index (χ0) is 12.5. The first-order valence-corrected chi connectivity index (χ1v) is 6.68. The SMILES string of the molecule is O=C1CN=C(c2ccc(Cl)cc2)c2sccc2N1. The molecule has 1 aromatic heterocycles. The number of thiophene rings is 1. The van der Waals surface area contributed by atoms with Crippen molar-refractivity contribution in [3.8, 4) is 0 Å². The number of anilines is 1. The molecule has 0 saturated heterocycles. The third kappa shape index (κ3) is 2.05. The van der Waals surface area contributed by atoms with E-state index in [4.69, 9.17) is 11.6 Å². The number of benzene rings is 1. The normalized spacial score (nSPS) is 14.5. The van der Waals surface area contributed by atoms with E-state index in [-0.39, 0.29) is 12.5 Å². The zero-order valence-electron chi connectivity index (χ0n) is 9.31. The summed E-state index contributed by atoms with van der Waals surface area (Å²) in [5.41, 5.74) is 2.64. The minimum atomic E-state index is -0.0846. The Labute approximate surface area is 113 Å². The van der Waals surface area contributed by atoms with Crippen LogP contribution in [0.25, 0.3) is 0 Å². The lowest BCUT2D eigenvalue weighted by molar-refractivity contribution is -0.114. The standard InChI is InChI=1S/C13H9ClN2OS/c14-9-3-1-8(2-4-9)12-13-10(5-6-18-13)16-11(17)7-15-12/h1-6H,7H2,(H,16,17). The van der Waals surface area contributed by atoms with Gasteiger partial charge < -0.3 is 5.32 Å². The molecular formula is C13H9ClN2OS. The summed E-state index contributed by atoms with van der Waals surface area (Å²) >= 11 is 7.45. The minimum Gasteiger partial charge on any atom is -0.323 e. The Balaban J connectivity index is 2.11. The van der Waals surface area contributed by atoms with Gasteiger partial charge in [-0.1, -0.05) is 23.7 Å². The van der Waals surface area contributed by atoms with E-state index in [0.29, 0.717) is 5.02 Å². The second kappa shape index (κ2) is 4.55. The molecular weight excluding hydrogens is 268 g/mol. The van der Waals surface area contributed by atoms with Gasteiger partial charge in [-0.3, -0.25) is 9.79 Å². The van der Waals surface area contributed by atoms with Gasteiger partial charge in [0.15, 0.2) is 0 Å². The van der Waals surface area contributed by atoms with Gasteiger partial charge in [0, 0.05) is 10.6 Å². The summed E-state index contributed by atoms with van der Waals surface area (Å²) in [6.07, 6.45) is 0. The Morgan fingerprint density at radius 3 is 2.78 bits per heavy atom. The number of hydrogen-bond acceptors (Lipinski definition) is 3. The van der Waals surface area contributed by atoms with Crippen LogP contribution >= 0.6 is 22.9 Å². The van der Waals surface area contributed by atoms with Crippen LogP contribution in [0.3, 0.4) is 0 Å². The summed E-state index contributed by atoms with van der Waals surface area (Å²) in [7, 11) is 0. The van der Waals surface area contributed by atoms with Crippen molar-refractivity contribution in [2.75, 3.05) is 11.9 Å². The van der Waals surface area contributed by atoms with E-state index < -0.39 is 0 Å². The largest absolute Gasteiger partial charge is 0.323 e. The van der Waals surface area contributed by atoms with E-state index in [9.17, 15) is 4.79 Å². The number of aliphatic imine (C=N–C) groups is 1. The Bertz CT molecular complexity index is 631. The lowest BCUT2D eigenvalue weighted by Gasteiger charge is -2.04. The summed E-state index contributed by atoms with van der Waals surface area (Å²) < 4.78 is 0. The van der Waals surface area contributed by atoms with Crippen LogP contribution in [0, 0.1) is 0 Å². The van der Waals surface area contributed by atoms with E-state index in [1.807, 2.05) is 35.7 Å². The van der Waals surface area contributed by atoms with Crippen LogP contribution in [0.1, 0.15) is 10.4 Å². The first kappa shape index (κ1) is 11.4. The lowest BCUT2D eigenvalue weighted by atomic mass is 10.1. The minimum absolute atomic E-state index is 0.0846. The van der Waals surface area contributed by atoms with Gasteiger partial charge in [0.1, 0.15) is 6.54 Å². The number of hydrogen-bond donors (Lipinski definition) is 1. The lowest BCUT2D eigenvalue weighted by Crippen LogP contribution is -2.12. The highest BCUT2D eigenvalue weighted by Gasteiger charge is 2.18. The first-order valence-electron chi connectivity index (χ1n) is 5.42. The van der Waals surface area contributed by atoms with Gasteiger partial charge in [-0.2, -0.15) is 0 Å². The topological polar surface area (TPSA) is 41.5 Å². The second-order valence-corrected chi connectivity index (χ2v) is 5.24. The summed E-state index contributed by atoms with van der Waals surface area (Å²) in [5.74, 6) is -0.0846. The molecule has 3 nitrogen and oxygen atoms in total. The molecule has 5 heteroatoms. The summed E-state index contributed by atoms with van der Waals surface area (Å²) in [5, 5.41) is 5.48. The molecule has 18 heavy (non-hydrogen) atoms. The van der Waals surface area contributed by atoms with Crippen molar-refractivity contribution < 1.29 is 4.79 Å². The maximum atomic E-state index is 11.5. The van der Waals surface area contributed by atoms with Crippen LogP contribution < -0.4 is 5.32 Å². The van der Waals surface area contributed by atoms with Gasteiger partial charge >= 0.3 is 0 Å². The van der Waals surface area contributed by atoms with E-state index >= 15 is 0 Å². The average molecular weight is 277 g/mol. The van der Waals surface area contributed by atoms with E-state index in [1.54, 1.807) is 11.3 Å². The Morgan fingerprint density at radius 2 is 2.00 bits per heavy atom. The van der Waals surface area contributed by atoms with Crippen molar-refractivity contribution >= 4 is 40.2 Å². The molecule has 0 atom stereocenters. The molecule has 1 amide bonds. The molecule has 0 bridgehead atoms. The zero-order valence-corrected chi connectivity index (χ0v) is 10.9. The molecule has 0 aliphatic carbocycles. The Morgan fingerprint density at radius 1 is 1.22 bits per heavy atom. The number of fused-ring (bicyclic) bond motifs is 1. The molecule has 0 radical (unpaired) electrons. The van der Waals surface area contributed by atoms with Gasteiger partial charge in [0.2, 0.25) is 5.91 Å². The molecule has 1 N–H and O–H groups in total. The van der Waals surface area contributed by atoms with Gasteiger partial charge in [-0.15, -0.1) is 11.3 Å². The molecule has 0 fully saturated rings. The number of carbonyl (C=O) groups is 1.